The Morgan fingerprint density at radius 1 is 1.02 bits per heavy atom. The number of anilines is 1. The molecule has 3 atom stereocenters. The highest BCUT2D eigenvalue weighted by atomic mass is 32.1. The van der Waals surface area contributed by atoms with Crippen molar-refractivity contribution in [2.45, 2.75) is 98.1 Å². The summed E-state index contributed by atoms with van der Waals surface area (Å²) in [5.74, 6) is -0.266. The predicted molar refractivity (Wildman–Crippen MR) is 190 cm³/mol. The molecule has 11 heteroatoms. The Balaban J connectivity index is 1.30. The maximum Gasteiger partial charge on any atom is 0.410 e. The van der Waals surface area contributed by atoms with Crippen molar-refractivity contribution in [2.75, 3.05) is 38.2 Å². The van der Waals surface area contributed by atoms with Crippen LogP contribution in [-0.2, 0) is 32.0 Å². The largest absolute Gasteiger partial charge is 0.488 e. The number of nitrogens with zero attached hydrogens (tertiary/aromatic N) is 3. The van der Waals surface area contributed by atoms with E-state index in [9.17, 15) is 14.0 Å². The Hall–Kier alpha value is -3.70. The lowest BCUT2D eigenvalue weighted by molar-refractivity contribution is -0.165. The molecule has 1 amide bonds. The Kier molecular flexibility index (Phi) is 10.9. The van der Waals surface area contributed by atoms with E-state index in [0.717, 1.165) is 17.1 Å². The van der Waals surface area contributed by atoms with Crippen molar-refractivity contribution >= 4 is 28.5 Å². The summed E-state index contributed by atoms with van der Waals surface area (Å²) in [4.78, 5) is 34.5. The number of methoxy groups -OCH3 is 1. The predicted octanol–water partition coefficient (Wildman–Crippen LogP) is 7.92. The number of amides is 1. The van der Waals surface area contributed by atoms with Gasteiger partial charge in [0, 0.05) is 44.2 Å². The lowest BCUT2D eigenvalue weighted by Gasteiger charge is -2.37. The van der Waals surface area contributed by atoms with Crippen molar-refractivity contribution in [3.8, 4) is 17.0 Å². The van der Waals surface area contributed by atoms with Crippen molar-refractivity contribution in [1.29, 1.82) is 0 Å². The first-order valence-electron chi connectivity index (χ1n) is 17.0. The minimum Gasteiger partial charge on any atom is -0.488 e. The van der Waals surface area contributed by atoms with Crippen LogP contribution in [0, 0.1) is 18.7 Å². The van der Waals surface area contributed by atoms with Gasteiger partial charge in [-0.2, -0.15) is 0 Å². The molecule has 0 aliphatic carbocycles. The minimum absolute atomic E-state index is 0.119. The van der Waals surface area contributed by atoms with E-state index in [2.05, 4.69) is 30.0 Å². The number of hydrogen-bond donors (Lipinski definition) is 0. The maximum absolute atomic E-state index is 14.8. The van der Waals surface area contributed by atoms with E-state index >= 15 is 0 Å². The molecule has 1 aromatic heterocycles. The van der Waals surface area contributed by atoms with E-state index in [-0.39, 0.29) is 35.8 Å². The summed E-state index contributed by atoms with van der Waals surface area (Å²) < 4.78 is 38.3. The van der Waals surface area contributed by atoms with Gasteiger partial charge in [0.25, 0.3) is 0 Å². The molecule has 2 aliphatic heterocycles. The average molecular weight is 696 g/mol. The second kappa shape index (κ2) is 14.6. The van der Waals surface area contributed by atoms with Gasteiger partial charge in [-0.1, -0.05) is 25.1 Å². The van der Waals surface area contributed by atoms with Gasteiger partial charge in [0.2, 0.25) is 0 Å². The first-order valence-corrected chi connectivity index (χ1v) is 17.9. The Morgan fingerprint density at radius 2 is 1.76 bits per heavy atom. The third-order valence-corrected chi connectivity index (χ3v) is 9.67. The fourth-order valence-corrected chi connectivity index (χ4v) is 7.33. The fourth-order valence-electron chi connectivity index (χ4n) is 6.47. The van der Waals surface area contributed by atoms with Gasteiger partial charge in [0.05, 0.1) is 17.7 Å². The van der Waals surface area contributed by atoms with Crippen molar-refractivity contribution < 1.29 is 32.9 Å². The average Bonchev–Trinajstić information content (AvgIpc) is 3.44. The van der Waals surface area contributed by atoms with E-state index < -0.39 is 11.2 Å². The van der Waals surface area contributed by atoms with Gasteiger partial charge in [0.1, 0.15) is 29.4 Å². The lowest BCUT2D eigenvalue weighted by atomic mass is 9.93. The second-order valence-electron chi connectivity index (χ2n) is 15.2. The van der Waals surface area contributed by atoms with Gasteiger partial charge >= 0.3 is 12.1 Å². The van der Waals surface area contributed by atoms with Gasteiger partial charge in [0.15, 0.2) is 5.13 Å². The van der Waals surface area contributed by atoms with Gasteiger partial charge in [-0.15, -0.1) is 11.3 Å². The summed E-state index contributed by atoms with van der Waals surface area (Å²) in [6.45, 7) is 17.8. The molecule has 0 N–H and O–H groups in total. The number of hydrogen-bond acceptors (Lipinski definition) is 9. The Bertz CT molecular complexity index is 1660. The topological polar surface area (TPSA) is 90.4 Å². The van der Waals surface area contributed by atoms with E-state index in [0.29, 0.717) is 61.8 Å². The molecule has 49 heavy (non-hydrogen) atoms. The van der Waals surface area contributed by atoms with Gasteiger partial charge in [-0.05, 0) is 102 Å². The van der Waals surface area contributed by atoms with Crippen LogP contribution in [0.15, 0.2) is 35.7 Å². The smallest absolute Gasteiger partial charge is 0.410 e. The zero-order chi connectivity index (χ0) is 35.7. The molecule has 266 valence electrons. The Labute approximate surface area is 293 Å². The number of aromatic nitrogens is 1. The molecule has 0 spiro atoms. The number of fused-ring (bicyclic) bond motifs is 1. The second-order valence-corrected chi connectivity index (χ2v) is 16.0. The van der Waals surface area contributed by atoms with Crippen LogP contribution in [0.25, 0.3) is 11.3 Å². The zero-order valence-corrected chi connectivity index (χ0v) is 31.0. The van der Waals surface area contributed by atoms with Crippen LogP contribution in [0.1, 0.15) is 83.1 Å². The van der Waals surface area contributed by atoms with Crippen LogP contribution in [-0.4, -0.2) is 72.5 Å². The molecule has 0 unspecified atom stereocenters. The molecule has 3 aromatic rings. The number of piperidine rings is 1. The summed E-state index contributed by atoms with van der Waals surface area (Å²) in [5, 5.41) is 2.69. The molecule has 1 saturated heterocycles. The molecule has 5 rings (SSSR count). The summed E-state index contributed by atoms with van der Waals surface area (Å²) in [5.41, 5.74) is 4.17. The van der Waals surface area contributed by atoms with Gasteiger partial charge in [-0.3, -0.25) is 4.79 Å². The number of esters is 1. The number of halogens is 1. The zero-order valence-electron chi connectivity index (χ0n) is 30.2. The number of rotatable bonds is 7. The Morgan fingerprint density at radius 3 is 2.45 bits per heavy atom. The monoisotopic (exact) mass is 695 g/mol. The number of thiazole rings is 1. The van der Waals surface area contributed by atoms with Crippen LogP contribution < -0.4 is 9.64 Å². The quantitative estimate of drug-likeness (QED) is 0.231. The first kappa shape index (κ1) is 36.6. The maximum atomic E-state index is 14.8. The van der Waals surface area contributed by atoms with Crippen molar-refractivity contribution in [2.24, 2.45) is 5.92 Å². The van der Waals surface area contributed by atoms with E-state index in [1.54, 1.807) is 12.0 Å². The molecule has 0 bridgehead atoms. The standard InChI is InChI=1S/C38H50FN3O6S/c1-23-16-27(39)18-30(31-22-49-35(40-31)41-15-13-28(32(20-41)45-9)34(43)47-37(3,4)5)33(23)46-21-25-10-11-26-12-14-42(19-24(2)29(26)17-25)36(44)48-38(6,7)8/h10-11,16-18,22,24,28,32H,12-15,19-21H2,1-9H3/t24-,28+,32-/m1/s1. The molecule has 2 aliphatic rings. The number of carbonyl (C=O) groups excluding carboxylic acids is 2. The molecule has 3 heterocycles. The molecular weight excluding hydrogens is 645 g/mol. The van der Waals surface area contributed by atoms with Crippen molar-refractivity contribution in [1.82, 2.24) is 9.88 Å². The fraction of sp³-hybridized carbons (Fsp3) is 0.553. The van der Waals surface area contributed by atoms with Crippen LogP contribution >= 0.6 is 11.3 Å². The lowest BCUT2D eigenvalue weighted by Crippen LogP contribution is -2.49. The number of carbonyl (C=O) groups is 2. The summed E-state index contributed by atoms with van der Waals surface area (Å²) in [6, 6.07) is 9.28. The normalized spacial score (nSPS) is 20.0. The third kappa shape index (κ3) is 9.11. The molecule has 0 radical (unpaired) electrons. The van der Waals surface area contributed by atoms with Gasteiger partial charge in [-0.25, -0.2) is 14.2 Å². The van der Waals surface area contributed by atoms with Gasteiger partial charge < -0.3 is 28.7 Å². The molecular formula is C38H50FN3O6S. The highest BCUT2D eigenvalue weighted by Crippen LogP contribution is 2.38. The van der Waals surface area contributed by atoms with Crippen LogP contribution in [0.4, 0.5) is 14.3 Å². The molecule has 9 nitrogen and oxygen atoms in total. The highest BCUT2D eigenvalue weighted by Gasteiger charge is 2.38. The van der Waals surface area contributed by atoms with E-state index in [1.165, 1.54) is 34.6 Å². The molecule has 1 fully saturated rings. The number of ether oxygens (including phenoxy) is 4. The molecule has 2 aromatic carbocycles. The summed E-state index contributed by atoms with van der Waals surface area (Å²) >= 11 is 1.47. The van der Waals surface area contributed by atoms with E-state index in [1.807, 2.05) is 53.8 Å². The van der Waals surface area contributed by atoms with Crippen LogP contribution in [0.5, 0.6) is 5.75 Å². The van der Waals surface area contributed by atoms with E-state index in [4.69, 9.17) is 23.9 Å². The SMILES string of the molecule is CO[C@@H]1CN(c2nc(-c3cc(F)cc(C)c3OCc3ccc4c(c3)[C@H](C)CN(C(=O)OC(C)(C)C)CC4)cs2)CC[C@@H]1C(=O)OC(C)(C)C. The van der Waals surface area contributed by atoms with Crippen LogP contribution in [0.2, 0.25) is 0 Å². The summed E-state index contributed by atoms with van der Waals surface area (Å²) in [6.07, 6.45) is 0.699. The highest BCUT2D eigenvalue weighted by molar-refractivity contribution is 7.14. The number of benzene rings is 2. The van der Waals surface area contributed by atoms with Crippen LogP contribution in [0.3, 0.4) is 0 Å². The third-order valence-electron chi connectivity index (χ3n) is 8.77. The number of aryl methyl sites for hydroxylation is 1. The van der Waals surface area contributed by atoms with Crippen molar-refractivity contribution in [3.05, 3.63) is 63.8 Å². The summed E-state index contributed by atoms with van der Waals surface area (Å²) in [7, 11) is 1.61. The first-order chi connectivity index (χ1) is 23.0. The molecule has 0 saturated carbocycles. The minimum atomic E-state index is -0.567. The van der Waals surface area contributed by atoms with Crippen molar-refractivity contribution in [3.63, 3.8) is 0 Å².